The number of anilines is 1. The van der Waals surface area contributed by atoms with Crippen molar-refractivity contribution >= 4 is 11.6 Å². The summed E-state index contributed by atoms with van der Waals surface area (Å²) in [7, 11) is 0. The Balaban J connectivity index is 2.75. The van der Waals surface area contributed by atoms with Gasteiger partial charge in [0.15, 0.2) is 0 Å². The summed E-state index contributed by atoms with van der Waals surface area (Å²) in [5, 5.41) is 2.98. The quantitative estimate of drug-likeness (QED) is 0.730. The van der Waals surface area contributed by atoms with Crippen LogP contribution in [0.25, 0.3) is 0 Å². The summed E-state index contributed by atoms with van der Waals surface area (Å²) in [6.07, 6.45) is 0. The van der Waals surface area contributed by atoms with Crippen molar-refractivity contribution < 1.29 is 4.79 Å². The number of primary amides is 1. The molecule has 1 amide bonds. The van der Waals surface area contributed by atoms with Gasteiger partial charge in [0.25, 0.3) is 0 Å². The molecule has 0 unspecified atom stereocenters. The molecule has 1 rings (SSSR count). The zero-order valence-electron chi connectivity index (χ0n) is 7.92. The van der Waals surface area contributed by atoms with E-state index < -0.39 is 0 Å². The smallest absolute Gasteiger partial charge is 0.236 e. The van der Waals surface area contributed by atoms with Gasteiger partial charge in [-0.05, 0) is 31.0 Å². The SMILES string of the molecule is Cc1ccc(C)c(NCC(N)=O)c1. The minimum atomic E-state index is -0.346. The molecule has 0 heterocycles. The average molecular weight is 178 g/mol. The second kappa shape index (κ2) is 3.94. The topological polar surface area (TPSA) is 55.1 Å². The molecule has 70 valence electrons. The number of amides is 1. The largest absolute Gasteiger partial charge is 0.376 e. The number of carbonyl (C=O) groups is 1. The first-order valence-corrected chi connectivity index (χ1v) is 4.19. The number of carbonyl (C=O) groups excluding carboxylic acids is 1. The van der Waals surface area contributed by atoms with Crippen molar-refractivity contribution in [3.05, 3.63) is 29.3 Å². The van der Waals surface area contributed by atoms with E-state index in [-0.39, 0.29) is 12.5 Å². The Morgan fingerprint density at radius 3 is 2.77 bits per heavy atom. The Labute approximate surface area is 77.9 Å². The van der Waals surface area contributed by atoms with E-state index in [1.165, 1.54) is 0 Å². The maximum absolute atomic E-state index is 10.5. The second-order valence-electron chi connectivity index (χ2n) is 3.14. The van der Waals surface area contributed by atoms with Crippen molar-refractivity contribution in [3.8, 4) is 0 Å². The molecule has 1 aromatic carbocycles. The highest BCUT2D eigenvalue weighted by Gasteiger charge is 1.98. The standard InChI is InChI=1S/C10H14N2O/c1-7-3-4-8(2)9(5-7)12-6-10(11)13/h3-5,12H,6H2,1-2H3,(H2,11,13). The first kappa shape index (κ1) is 9.58. The van der Waals surface area contributed by atoms with Gasteiger partial charge in [-0.25, -0.2) is 0 Å². The highest BCUT2D eigenvalue weighted by Crippen LogP contribution is 2.15. The van der Waals surface area contributed by atoms with Gasteiger partial charge >= 0.3 is 0 Å². The first-order valence-electron chi connectivity index (χ1n) is 4.19. The summed E-state index contributed by atoms with van der Waals surface area (Å²) in [5.74, 6) is -0.346. The van der Waals surface area contributed by atoms with Gasteiger partial charge in [0, 0.05) is 5.69 Å². The third-order valence-electron chi connectivity index (χ3n) is 1.85. The highest BCUT2D eigenvalue weighted by atomic mass is 16.1. The van der Waals surface area contributed by atoms with E-state index >= 15 is 0 Å². The molecule has 13 heavy (non-hydrogen) atoms. The number of hydrogen-bond donors (Lipinski definition) is 2. The molecular weight excluding hydrogens is 164 g/mol. The lowest BCUT2D eigenvalue weighted by molar-refractivity contribution is -0.116. The van der Waals surface area contributed by atoms with Gasteiger partial charge < -0.3 is 11.1 Å². The lowest BCUT2D eigenvalue weighted by Gasteiger charge is -2.08. The molecule has 0 bridgehead atoms. The van der Waals surface area contributed by atoms with Crippen molar-refractivity contribution in [3.63, 3.8) is 0 Å². The molecule has 0 fully saturated rings. The maximum atomic E-state index is 10.5. The number of aryl methyl sites for hydroxylation is 2. The van der Waals surface area contributed by atoms with Crippen LogP contribution in [0.1, 0.15) is 11.1 Å². The van der Waals surface area contributed by atoms with Crippen molar-refractivity contribution in [1.82, 2.24) is 0 Å². The van der Waals surface area contributed by atoms with Gasteiger partial charge in [0.05, 0.1) is 6.54 Å². The summed E-state index contributed by atoms with van der Waals surface area (Å²) < 4.78 is 0. The molecule has 0 aliphatic carbocycles. The first-order chi connectivity index (χ1) is 6.09. The maximum Gasteiger partial charge on any atom is 0.236 e. The molecule has 3 N–H and O–H groups in total. The Bertz CT molecular complexity index is 321. The van der Waals surface area contributed by atoms with Crippen LogP contribution in [0.5, 0.6) is 0 Å². The van der Waals surface area contributed by atoms with E-state index in [1.54, 1.807) is 0 Å². The number of rotatable bonds is 3. The predicted octanol–water partition coefficient (Wildman–Crippen LogP) is 1.20. The van der Waals surface area contributed by atoms with Crippen LogP contribution in [0.2, 0.25) is 0 Å². The number of hydrogen-bond acceptors (Lipinski definition) is 2. The van der Waals surface area contributed by atoms with Crippen molar-refractivity contribution in [2.45, 2.75) is 13.8 Å². The Morgan fingerprint density at radius 1 is 1.46 bits per heavy atom. The van der Waals surface area contributed by atoms with Crippen molar-refractivity contribution in [2.24, 2.45) is 5.73 Å². The molecular formula is C10H14N2O. The molecule has 0 atom stereocenters. The second-order valence-corrected chi connectivity index (χ2v) is 3.14. The minimum absolute atomic E-state index is 0.185. The molecule has 3 heteroatoms. The van der Waals surface area contributed by atoms with Crippen LogP contribution in [-0.4, -0.2) is 12.5 Å². The van der Waals surface area contributed by atoms with Gasteiger partial charge in [0.1, 0.15) is 0 Å². The molecule has 0 radical (unpaired) electrons. The molecule has 3 nitrogen and oxygen atoms in total. The zero-order valence-corrected chi connectivity index (χ0v) is 7.92. The summed E-state index contributed by atoms with van der Waals surface area (Å²) in [5.41, 5.74) is 8.28. The van der Waals surface area contributed by atoms with Gasteiger partial charge in [-0.3, -0.25) is 4.79 Å². The monoisotopic (exact) mass is 178 g/mol. The number of nitrogens with two attached hydrogens (primary N) is 1. The molecule has 0 saturated heterocycles. The predicted molar refractivity (Wildman–Crippen MR) is 53.6 cm³/mol. The molecule has 0 spiro atoms. The van der Waals surface area contributed by atoms with Crippen LogP contribution >= 0.6 is 0 Å². The van der Waals surface area contributed by atoms with Gasteiger partial charge in [-0.2, -0.15) is 0 Å². The Hall–Kier alpha value is -1.51. The fraction of sp³-hybridized carbons (Fsp3) is 0.300. The summed E-state index contributed by atoms with van der Waals surface area (Å²) in [6, 6.07) is 6.04. The highest BCUT2D eigenvalue weighted by molar-refractivity contribution is 5.79. The third kappa shape index (κ3) is 2.78. The van der Waals surface area contributed by atoms with Gasteiger partial charge in [0.2, 0.25) is 5.91 Å². The van der Waals surface area contributed by atoms with Crippen LogP contribution in [0.4, 0.5) is 5.69 Å². The Morgan fingerprint density at radius 2 is 2.15 bits per heavy atom. The fourth-order valence-electron chi connectivity index (χ4n) is 1.11. The zero-order chi connectivity index (χ0) is 9.84. The van der Waals surface area contributed by atoms with Crippen LogP contribution in [-0.2, 0) is 4.79 Å². The molecule has 0 aliphatic rings. The molecule has 0 aromatic heterocycles. The number of benzene rings is 1. The summed E-state index contributed by atoms with van der Waals surface area (Å²) in [4.78, 5) is 10.5. The summed E-state index contributed by atoms with van der Waals surface area (Å²) >= 11 is 0. The lowest BCUT2D eigenvalue weighted by atomic mass is 10.1. The van der Waals surface area contributed by atoms with Gasteiger partial charge in [-0.1, -0.05) is 12.1 Å². The summed E-state index contributed by atoms with van der Waals surface area (Å²) in [6.45, 7) is 4.18. The number of nitrogens with one attached hydrogen (secondary N) is 1. The normalized spacial score (nSPS) is 9.69. The molecule has 0 saturated carbocycles. The van der Waals surface area contributed by atoms with Crippen molar-refractivity contribution in [2.75, 3.05) is 11.9 Å². The van der Waals surface area contributed by atoms with E-state index in [0.29, 0.717) is 0 Å². The Kier molecular flexibility index (Phi) is 2.90. The minimum Gasteiger partial charge on any atom is -0.376 e. The molecule has 1 aromatic rings. The van der Waals surface area contributed by atoms with E-state index in [9.17, 15) is 4.79 Å². The van der Waals surface area contributed by atoms with E-state index in [0.717, 1.165) is 16.8 Å². The van der Waals surface area contributed by atoms with E-state index in [4.69, 9.17) is 5.73 Å². The van der Waals surface area contributed by atoms with E-state index in [2.05, 4.69) is 5.32 Å². The third-order valence-corrected chi connectivity index (χ3v) is 1.85. The van der Waals surface area contributed by atoms with Crippen molar-refractivity contribution in [1.29, 1.82) is 0 Å². The average Bonchev–Trinajstić information content (AvgIpc) is 2.06. The van der Waals surface area contributed by atoms with E-state index in [1.807, 2.05) is 32.0 Å². The van der Waals surface area contributed by atoms with Crippen LogP contribution < -0.4 is 11.1 Å². The van der Waals surface area contributed by atoms with Gasteiger partial charge in [-0.15, -0.1) is 0 Å². The lowest BCUT2D eigenvalue weighted by Crippen LogP contribution is -2.22. The fourth-order valence-corrected chi connectivity index (χ4v) is 1.11. The van der Waals surface area contributed by atoms with Crippen LogP contribution in [0.3, 0.4) is 0 Å². The molecule has 0 aliphatic heterocycles. The van der Waals surface area contributed by atoms with Crippen LogP contribution in [0.15, 0.2) is 18.2 Å². The van der Waals surface area contributed by atoms with Crippen LogP contribution in [0, 0.1) is 13.8 Å².